The van der Waals surface area contributed by atoms with Gasteiger partial charge in [-0.3, -0.25) is 19.4 Å². The van der Waals surface area contributed by atoms with Crippen molar-refractivity contribution in [3.05, 3.63) is 34.9 Å². The summed E-state index contributed by atoms with van der Waals surface area (Å²) in [5.74, 6) is -0.797. The van der Waals surface area contributed by atoms with Crippen LogP contribution >= 0.6 is 11.6 Å². The van der Waals surface area contributed by atoms with E-state index in [4.69, 9.17) is 16.7 Å². The summed E-state index contributed by atoms with van der Waals surface area (Å²) in [7, 11) is 1.86. The van der Waals surface area contributed by atoms with Gasteiger partial charge in [-0.25, -0.2) is 0 Å². The molecule has 1 aromatic carbocycles. The van der Waals surface area contributed by atoms with E-state index in [1.54, 1.807) is 0 Å². The number of aliphatic carboxylic acids is 1. The molecule has 1 saturated heterocycles. The molecule has 2 atom stereocenters. The highest BCUT2D eigenvalue weighted by atomic mass is 35.5. The van der Waals surface area contributed by atoms with Gasteiger partial charge >= 0.3 is 5.97 Å². The Labute approximate surface area is 160 Å². The molecule has 1 aromatic rings. The van der Waals surface area contributed by atoms with E-state index in [1.165, 1.54) is 0 Å². The van der Waals surface area contributed by atoms with Crippen molar-refractivity contribution in [2.75, 3.05) is 33.2 Å². The Hall–Kier alpha value is -1.63. The number of rotatable bonds is 7. The van der Waals surface area contributed by atoms with Crippen LogP contribution in [0.15, 0.2) is 24.3 Å². The number of amides is 1. The monoisotopic (exact) mass is 381 g/mol. The quantitative estimate of drug-likeness (QED) is 0.758. The first kappa shape index (κ1) is 20.7. The second-order valence-corrected chi connectivity index (χ2v) is 7.45. The largest absolute Gasteiger partial charge is 0.480 e. The molecule has 0 bridgehead atoms. The highest BCUT2D eigenvalue weighted by Gasteiger charge is 2.23. The third kappa shape index (κ3) is 6.59. The van der Waals surface area contributed by atoms with E-state index in [0.29, 0.717) is 11.6 Å². The summed E-state index contributed by atoms with van der Waals surface area (Å²) < 4.78 is 0. The van der Waals surface area contributed by atoms with E-state index < -0.39 is 5.97 Å². The van der Waals surface area contributed by atoms with Gasteiger partial charge in [0.2, 0.25) is 5.91 Å². The first-order valence-electron chi connectivity index (χ1n) is 9.04. The molecule has 0 aliphatic carbocycles. The van der Waals surface area contributed by atoms with Crippen molar-refractivity contribution in [1.82, 2.24) is 15.1 Å². The summed E-state index contributed by atoms with van der Waals surface area (Å²) in [4.78, 5) is 27.3. The van der Waals surface area contributed by atoms with Gasteiger partial charge in [0.25, 0.3) is 0 Å². The van der Waals surface area contributed by atoms with Crippen LogP contribution < -0.4 is 5.32 Å². The third-order valence-electron chi connectivity index (χ3n) is 4.91. The summed E-state index contributed by atoms with van der Waals surface area (Å²) in [6.07, 6.45) is 2.81. The van der Waals surface area contributed by atoms with Crippen molar-refractivity contribution in [3.8, 4) is 0 Å². The maximum atomic E-state index is 12.4. The fourth-order valence-corrected chi connectivity index (χ4v) is 3.53. The topological polar surface area (TPSA) is 72.9 Å². The number of nitrogens with zero attached hydrogens (tertiary/aromatic N) is 2. The summed E-state index contributed by atoms with van der Waals surface area (Å²) in [6, 6.07) is 7.67. The molecule has 2 N–H and O–H groups in total. The Morgan fingerprint density at radius 1 is 1.31 bits per heavy atom. The zero-order chi connectivity index (χ0) is 19.1. The molecule has 144 valence electrons. The van der Waals surface area contributed by atoms with Crippen molar-refractivity contribution in [3.63, 3.8) is 0 Å². The fraction of sp³-hybridized carbons (Fsp3) is 0.579. The van der Waals surface area contributed by atoms with Crippen LogP contribution in [0.2, 0.25) is 5.02 Å². The van der Waals surface area contributed by atoms with E-state index >= 15 is 0 Å². The molecule has 0 radical (unpaired) electrons. The average Bonchev–Trinajstić information content (AvgIpc) is 2.80. The molecule has 7 heteroatoms. The van der Waals surface area contributed by atoms with Gasteiger partial charge in [-0.05, 0) is 57.5 Å². The third-order valence-corrected chi connectivity index (χ3v) is 5.16. The molecular formula is C19H28ClN3O3. The van der Waals surface area contributed by atoms with Crippen LogP contribution in [0.4, 0.5) is 0 Å². The number of carbonyl (C=O) groups excluding carboxylic acids is 1. The molecule has 26 heavy (non-hydrogen) atoms. The zero-order valence-electron chi connectivity index (χ0n) is 15.4. The standard InChI is InChI=1S/C19H28ClN3O3/c1-14(15-5-7-16(20)8-6-15)21-18(24)12-23-10-3-4-17(9-11-23)22(2)13-19(25)26/h5-8,14,17H,3-4,9-13H2,1-2H3,(H,21,24)(H,25,26). The number of nitrogens with one attached hydrogen (secondary N) is 1. The molecule has 6 nitrogen and oxygen atoms in total. The number of hydrogen-bond acceptors (Lipinski definition) is 4. The number of carboxylic acids is 1. The Morgan fingerprint density at radius 2 is 2.00 bits per heavy atom. The van der Waals surface area contributed by atoms with E-state index in [0.717, 1.165) is 37.9 Å². The van der Waals surface area contributed by atoms with Crippen molar-refractivity contribution < 1.29 is 14.7 Å². The number of hydrogen-bond donors (Lipinski definition) is 2. The van der Waals surface area contributed by atoms with Gasteiger partial charge in [-0.15, -0.1) is 0 Å². The van der Waals surface area contributed by atoms with E-state index in [-0.39, 0.29) is 24.5 Å². The Bertz CT molecular complexity index is 609. The molecule has 1 amide bonds. The van der Waals surface area contributed by atoms with Gasteiger partial charge in [0.05, 0.1) is 19.1 Å². The van der Waals surface area contributed by atoms with Crippen LogP contribution in [-0.2, 0) is 9.59 Å². The predicted molar refractivity (Wildman–Crippen MR) is 102 cm³/mol. The first-order chi connectivity index (χ1) is 12.3. The maximum absolute atomic E-state index is 12.4. The Balaban J connectivity index is 1.80. The van der Waals surface area contributed by atoms with E-state index in [9.17, 15) is 9.59 Å². The minimum Gasteiger partial charge on any atom is -0.480 e. The molecule has 1 aliphatic rings. The van der Waals surface area contributed by atoms with Crippen molar-refractivity contribution in [2.45, 2.75) is 38.3 Å². The molecule has 0 spiro atoms. The molecule has 1 fully saturated rings. The van der Waals surface area contributed by atoms with Crippen LogP contribution in [0.1, 0.15) is 37.8 Å². The smallest absolute Gasteiger partial charge is 0.317 e. The minimum atomic E-state index is -0.802. The second kappa shape index (κ2) is 9.90. The van der Waals surface area contributed by atoms with Gasteiger partial charge in [0.15, 0.2) is 0 Å². The lowest BCUT2D eigenvalue weighted by Crippen LogP contribution is -2.40. The molecule has 1 heterocycles. The normalized spacial score (nSPS) is 19.8. The predicted octanol–water partition coefficient (Wildman–Crippen LogP) is 2.39. The highest BCUT2D eigenvalue weighted by molar-refractivity contribution is 6.30. The van der Waals surface area contributed by atoms with Crippen LogP contribution in [0.3, 0.4) is 0 Å². The number of halogens is 1. The summed E-state index contributed by atoms with van der Waals surface area (Å²) in [6.45, 7) is 4.05. The maximum Gasteiger partial charge on any atom is 0.317 e. The van der Waals surface area contributed by atoms with Crippen LogP contribution in [-0.4, -0.2) is 66.1 Å². The molecule has 2 unspecified atom stereocenters. The molecule has 0 saturated carbocycles. The molecule has 2 rings (SSSR count). The lowest BCUT2D eigenvalue weighted by atomic mass is 10.1. The number of likely N-dealkylation sites (N-methyl/N-ethyl adjacent to an activating group) is 1. The van der Waals surface area contributed by atoms with E-state index in [2.05, 4.69) is 10.2 Å². The fourth-order valence-electron chi connectivity index (χ4n) is 3.40. The van der Waals surface area contributed by atoms with Gasteiger partial charge in [-0.2, -0.15) is 0 Å². The number of carboxylic acid groups (broad SMARTS) is 1. The molecular weight excluding hydrogens is 354 g/mol. The van der Waals surface area contributed by atoms with Gasteiger partial charge in [-0.1, -0.05) is 23.7 Å². The van der Waals surface area contributed by atoms with Crippen LogP contribution in [0, 0.1) is 0 Å². The summed E-state index contributed by atoms with van der Waals surface area (Å²) in [5.41, 5.74) is 1.02. The number of carbonyl (C=O) groups is 2. The highest BCUT2D eigenvalue weighted by Crippen LogP contribution is 2.17. The van der Waals surface area contributed by atoms with Crippen molar-refractivity contribution in [1.29, 1.82) is 0 Å². The number of benzene rings is 1. The second-order valence-electron chi connectivity index (χ2n) is 7.01. The Kier molecular flexibility index (Phi) is 7.87. The van der Waals surface area contributed by atoms with E-state index in [1.807, 2.05) is 43.1 Å². The lowest BCUT2D eigenvalue weighted by Gasteiger charge is -2.25. The Morgan fingerprint density at radius 3 is 2.65 bits per heavy atom. The summed E-state index contributed by atoms with van der Waals surface area (Å²) >= 11 is 5.90. The lowest BCUT2D eigenvalue weighted by molar-refractivity contribution is -0.138. The minimum absolute atomic E-state index is 0.00444. The molecule has 0 aromatic heterocycles. The van der Waals surface area contributed by atoms with Gasteiger partial charge in [0, 0.05) is 17.6 Å². The molecule has 1 aliphatic heterocycles. The van der Waals surface area contributed by atoms with Gasteiger partial charge < -0.3 is 10.4 Å². The SMILES string of the molecule is CC(NC(=O)CN1CCCC(N(C)CC(=O)O)CC1)c1ccc(Cl)cc1. The first-order valence-corrected chi connectivity index (χ1v) is 9.42. The van der Waals surface area contributed by atoms with Crippen molar-refractivity contribution >= 4 is 23.5 Å². The van der Waals surface area contributed by atoms with Crippen molar-refractivity contribution in [2.24, 2.45) is 0 Å². The van der Waals surface area contributed by atoms with Crippen LogP contribution in [0.5, 0.6) is 0 Å². The number of likely N-dealkylation sites (tertiary alicyclic amines) is 1. The zero-order valence-corrected chi connectivity index (χ0v) is 16.2. The average molecular weight is 382 g/mol. The van der Waals surface area contributed by atoms with Crippen LogP contribution in [0.25, 0.3) is 0 Å². The van der Waals surface area contributed by atoms with Gasteiger partial charge in [0.1, 0.15) is 0 Å². The summed E-state index contributed by atoms with van der Waals surface area (Å²) in [5, 5.41) is 12.6.